The van der Waals surface area contributed by atoms with Gasteiger partial charge in [0.2, 0.25) is 0 Å². The molecular formula is C18H28O3. The molecule has 3 heteroatoms. The molecule has 0 bridgehead atoms. The van der Waals surface area contributed by atoms with Gasteiger partial charge in [0.15, 0.2) is 5.78 Å². The van der Waals surface area contributed by atoms with Crippen LogP contribution >= 0.6 is 0 Å². The molecule has 0 heterocycles. The molecule has 0 radical (unpaired) electrons. The highest BCUT2D eigenvalue weighted by atomic mass is 16.3. The Labute approximate surface area is 127 Å². The second-order valence-electron chi connectivity index (χ2n) is 7.24. The summed E-state index contributed by atoms with van der Waals surface area (Å²) in [4.78, 5) is 23.7. The van der Waals surface area contributed by atoms with Crippen LogP contribution in [0, 0.1) is 17.3 Å². The van der Waals surface area contributed by atoms with Crippen molar-refractivity contribution in [3.05, 3.63) is 11.6 Å². The molecule has 1 N–H and O–H groups in total. The van der Waals surface area contributed by atoms with Crippen LogP contribution in [0.25, 0.3) is 0 Å². The third-order valence-electron chi connectivity index (χ3n) is 5.74. The van der Waals surface area contributed by atoms with Gasteiger partial charge in [-0.1, -0.05) is 32.8 Å². The Morgan fingerprint density at radius 2 is 2.10 bits per heavy atom. The van der Waals surface area contributed by atoms with Crippen molar-refractivity contribution in [2.24, 2.45) is 17.3 Å². The minimum Gasteiger partial charge on any atom is -0.393 e. The highest BCUT2D eigenvalue weighted by Gasteiger charge is 2.47. The Hall–Kier alpha value is -0.960. The molecule has 3 nitrogen and oxygen atoms in total. The average Bonchev–Trinajstić information content (AvgIpc) is 2.45. The maximum atomic E-state index is 12.0. The Kier molecular flexibility index (Phi) is 5.03. The highest BCUT2D eigenvalue weighted by molar-refractivity contribution is 5.94. The summed E-state index contributed by atoms with van der Waals surface area (Å²) in [6.07, 6.45) is 6.28. The number of carbonyl (C=O) groups excluding carboxylic acids is 2. The van der Waals surface area contributed by atoms with Crippen LogP contribution in [0.1, 0.15) is 65.7 Å². The van der Waals surface area contributed by atoms with Gasteiger partial charge in [-0.15, -0.1) is 0 Å². The van der Waals surface area contributed by atoms with Gasteiger partial charge in [-0.05, 0) is 36.7 Å². The van der Waals surface area contributed by atoms with Crippen LogP contribution in [-0.2, 0) is 9.59 Å². The quantitative estimate of drug-likeness (QED) is 0.844. The summed E-state index contributed by atoms with van der Waals surface area (Å²) < 4.78 is 0. The van der Waals surface area contributed by atoms with Gasteiger partial charge < -0.3 is 5.11 Å². The zero-order valence-corrected chi connectivity index (χ0v) is 13.5. The van der Waals surface area contributed by atoms with Crippen molar-refractivity contribution in [2.45, 2.75) is 71.8 Å². The normalized spacial score (nSPS) is 32.4. The number of aliphatic hydroxyl groups is 1. The average molecular weight is 292 g/mol. The lowest BCUT2D eigenvalue weighted by atomic mass is 9.58. The number of carbonyl (C=O) groups is 2. The molecule has 1 saturated carbocycles. The van der Waals surface area contributed by atoms with Gasteiger partial charge in [-0.3, -0.25) is 9.59 Å². The number of hydrogen-bond acceptors (Lipinski definition) is 3. The van der Waals surface area contributed by atoms with E-state index in [1.165, 1.54) is 0 Å². The van der Waals surface area contributed by atoms with Gasteiger partial charge in [-0.25, -0.2) is 0 Å². The number of rotatable bonds is 5. The topological polar surface area (TPSA) is 54.4 Å². The van der Waals surface area contributed by atoms with Crippen LogP contribution in [0.5, 0.6) is 0 Å². The van der Waals surface area contributed by atoms with E-state index < -0.39 is 6.10 Å². The third kappa shape index (κ3) is 3.45. The van der Waals surface area contributed by atoms with E-state index in [9.17, 15) is 14.7 Å². The predicted molar refractivity (Wildman–Crippen MR) is 82.9 cm³/mol. The molecule has 2 unspecified atom stereocenters. The first kappa shape index (κ1) is 16.4. The van der Waals surface area contributed by atoms with E-state index in [0.717, 1.165) is 31.3 Å². The molecule has 0 amide bonds. The lowest BCUT2D eigenvalue weighted by Crippen LogP contribution is -2.44. The number of aliphatic hydroxyl groups excluding tert-OH is 1. The summed E-state index contributed by atoms with van der Waals surface area (Å²) in [5, 5.41) is 10.6. The van der Waals surface area contributed by atoms with E-state index in [-0.39, 0.29) is 22.9 Å². The fourth-order valence-corrected chi connectivity index (χ4v) is 3.82. The van der Waals surface area contributed by atoms with Crippen LogP contribution in [-0.4, -0.2) is 22.8 Å². The largest absolute Gasteiger partial charge is 0.393 e. The van der Waals surface area contributed by atoms with Crippen molar-refractivity contribution in [2.75, 3.05) is 0 Å². The Morgan fingerprint density at radius 1 is 1.38 bits per heavy atom. The van der Waals surface area contributed by atoms with E-state index in [2.05, 4.69) is 20.8 Å². The number of ketones is 2. The van der Waals surface area contributed by atoms with Crippen molar-refractivity contribution >= 4 is 11.6 Å². The van der Waals surface area contributed by atoms with Gasteiger partial charge in [0.05, 0.1) is 6.10 Å². The van der Waals surface area contributed by atoms with Crippen LogP contribution in [0.2, 0.25) is 0 Å². The van der Waals surface area contributed by atoms with Crippen LogP contribution in [0.15, 0.2) is 11.6 Å². The summed E-state index contributed by atoms with van der Waals surface area (Å²) in [7, 11) is 0. The number of fused-ring (bicyclic) bond motifs is 1. The molecule has 1 fully saturated rings. The summed E-state index contributed by atoms with van der Waals surface area (Å²) in [6, 6.07) is 0. The maximum Gasteiger partial charge on any atom is 0.156 e. The molecule has 2 aliphatic carbocycles. The number of allylic oxidation sites excluding steroid dienone is 2. The molecule has 118 valence electrons. The fourth-order valence-electron chi connectivity index (χ4n) is 3.82. The van der Waals surface area contributed by atoms with Crippen molar-refractivity contribution in [1.29, 1.82) is 0 Å². The summed E-state index contributed by atoms with van der Waals surface area (Å²) in [5.74, 6) is 0.878. The van der Waals surface area contributed by atoms with Crippen molar-refractivity contribution in [1.82, 2.24) is 0 Å². The standard InChI is InChI=1S/C18H28O3/c1-4-12(2)5-6-17(21)16-11-15(20)10-13-9-14(19)7-8-18(13,16)3/h10,12,16-17,21H,4-9,11H2,1-3H3/t12-,16?,17-,18?/m1/s1. The van der Waals surface area contributed by atoms with E-state index in [4.69, 9.17) is 0 Å². The van der Waals surface area contributed by atoms with Gasteiger partial charge >= 0.3 is 0 Å². The minimum atomic E-state index is -0.440. The minimum absolute atomic E-state index is 0.0258. The molecule has 2 aliphatic rings. The fraction of sp³-hybridized carbons (Fsp3) is 0.778. The molecule has 2 rings (SSSR count). The van der Waals surface area contributed by atoms with Crippen LogP contribution in [0.3, 0.4) is 0 Å². The zero-order chi connectivity index (χ0) is 15.6. The first-order valence-electron chi connectivity index (χ1n) is 8.30. The summed E-state index contributed by atoms with van der Waals surface area (Å²) >= 11 is 0. The molecular weight excluding hydrogens is 264 g/mol. The highest BCUT2D eigenvalue weighted by Crippen LogP contribution is 2.50. The molecule has 4 atom stereocenters. The van der Waals surface area contributed by atoms with Crippen molar-refractivity contribution in [3.8, 4) is 0 Å². The molecule has 21 heavy (non-hydrogen) atoms. The van der Waals surface area contributed by atoms with Gasteiger partial charge in [0, 0.05) is 25.2 Å². The van der Waals surface area contributed by atoms with E-state index >= 15 is 0 Å². The second-order valence-corrected chi connectivity index (χ2v) is 7.24. The molecule has 0 aromatic heterocycles. The molecule has 0 aromatic carbocycles. The maximum absolute atomic E-state index is 12.0. The van der Waals surface area contributed by atoms with Crippen LogP contribution in [0.4, 0.5) is 0 Å². The second kappa shape index (κ2) is 6.43. The van der Waals surface area contributed by atoms with E-state index in [0.29, 0.717) is 25.2 Å². The molecule has 0 aliphatic heterocycles. The molecule has 0 saturated heterocycles. The zero-order valence-electron chi connectivity index (χ0n) is 13.5. The smallest absolute Gasteiger partial charge is 0.156 e. The summed E-state index contributed by atoms with van der Waals surface area (Å²) in [5.41, 5.74) is 0.791. The Bertz CT molecular complexity index is 451. The van der Waals surface area contributed by atoms with Gasteiger partial charge in [-0.2, -0.15) is 0 Å². The lowest BCUT2D eigenvalue weighted by Gasteiger charge is -2.46. The van der Waals surface area contributed by atoms with Crippen molar-refractivity contribution < 1.29 is 14.7 Å². The van der Waals surface area contributed by atoms with Crippen molar-refractivity contribution in [3.63, 3.8) is 0 Å². The number of hydrogen-bond donors (Lipinski definition) is 1. The molecule has 0 aromatic rings. The monoisotopic (exact) mass is 292 g/mol. The molecule has 0 spiro atoms. The number of Topliss-reactive ketones (excluding diaryl/α,β-unsaturated/α-hetero) is 1. The van der Waals surface area contributed by atoms with E-state index in [1.54, 1.807) is 6.08 Å². The third-order valence-corrected chi connectivity index (χ3v) is 5.74. The SMILES string of the molecule is CC[C@@H](C)CC[C@@H](O)C1CC(=O)C=C2CC(=O)CCC21C. The Morgan fingerprint density at radius 3 is 2.76 bits per heavy atom. The predicted octanol–water partition coefficient (Wildman–Crippen LogP) is 3.45. The lowest BCUT2D eigenvalue weighted by molar-refractivity contribution is -0.124. The first-order valence-corrected chi connectivity index (χ1v) is 8.30. The Balaban J connectivity index is 2.13. The van der Waals surface area contributed by atoms with Gasteiger partial charge in [0.1, 0.15) is 5.78 Å². The van der Waals surface area contributed by atoms with Crippen LogP contribution < -0.4 is 0 Å². The first-order chi connectivity index (χ1) is 9.86. The van der Waals surface area contributed by atoms with Gasteiger partial charge in [0.25, 0.3) is 0 Å². The van der Waals surface area contributed by atoms with E-state index in [1.807, 2.05) is 0 Å². The summed E-state index contributed by atoms with van der Waals surface area (Å²) in [6.45, 7) is 6.50.